The van der Waals surface area contributed by atoms with Gasteiger partial charge in [0.15, 0.2) is 5.67 Å². The van der Waals surface area contributed by atoms with Crippen LogP contribution >= 0.6 is 0 Å². The summed E-state index contributed by atoms with van der Waals surface area (Å²) in [6.07, 6.45) is 0.124. The Labute approximate surface area is 110 Å². The van der Waals surface area contributed by atoms with E-state index in [9.17, 15) is 9.18 Å². The van der Waals surface area contributed by atoms with Crippen LogP contribution in [0.15, 0.2) is 18.2 Å². The van der Waals surface area contributed by atoms with Gasteiger partial charge in [0.2, 0.25) is 0 Å². The maximum atomic E-state index is 14.1. The maximum Gasteiger partial charge on any atom is 0.312 e. The number of nitrogens with two attached hydrogens (primary N) is 1. The number of anilines is 1. The molecule has 1 aliphatic rings. The number of halogens is 1. The van der Waals surface area contributed by atoms with E-state index in [0.717, 1.165) is 0 Å². The minimum Gasteiger partial charge on any atom is -0.497 e. The molecule has 1 aliphatic carbocycles. The van der Waals surface area contributed by atoms with Gasteiger partial charge < -0.3 is 19.9 Å². The number of hydrogen-bond donors (Lipinski definition) is 1. The molecular weight excluding hydrogens is 253 g/mol. The van der Waals surface area contributed by atoms with Crippen LogP contribution in [0.25, 0.3) is 0 Å². The number of benzene rings is 1. The number of carbonyl (C=O) groups is 1. The lowest BCUT2D eigenvalue weighted by molar-refractivity contribution is -0.143. The average Bonchev–Trinajstić information content (AvgIpc) is 3.07. The summed E-state index contributed by atoms with van der Waals surface area (Å²) in [6, 6.07) is 4.81. The molecule has 6 heteroatoms. The normalized spacial score (nSPS) is 24.7. The van der Waals surface area contributed by atoms with Crippen molar-refractivity contribution in [1.82, 2.24) is 0 Å². The molecule has 5 nitrogen and oxygen atoms in total. The Morgan fingerprint density at radius 2 is 2.11 bits per heavy atom. The van der Waals surface area contributed by atoms with Crippen LogP contribution in [0.1, 0.15) is 6.42 Å². The lowest BCUT2D eigenvalue weighted by Gasteiger charge is -2.11. The second-order valence-corrected chi connectivity index (χ2v) is 4.55. The van der Waals surface area contributed by atoms with Crippen molar-refractivity contribution in [3.8, 4) is 11.5 Å². The topological polar surface area (TPSA) is 70.8 Å². The fraction of sp³-hybridized carbons (Fsp3) is 0.462. The van der Waals surface area contributed by atoms with Gasteiger partial charge >= 0.3 is 5.97 Å². The predicted molar refractivity (Wildman–Crippen MR) is 66.9 cm³/mol. The van der Waals surface area contributed by atoms with Gasteiger partial charge in [-0.25, -0.2) is 4.39 Å². The summed E-state index contributed by atoms with van der Waals surface area (Å²) < 4.78 is 29.0. The summed E-state index contributed by atoms with van der Waals surface area (Å²) in [7, 11) is 2.74. The van der Waals surface area contributed by atoms with Crippen molar-refractivity contribution in [1.29, 1.82) is 0 Å². The van der Waals surface area contributed by atoms with Crippen molar-refractivity contribution < 1.29 is 23.4 Å². The second-order valence-electron chi connectivity index (χ2n) is 4.55. The summed E-state index contributed by atoms with van der Waals surface area (Å²) in [5.74, 6) is -0.343. The van der Waals surface area contributed by atoms with Crippen LogP contribution in [0, 0.1) is 5.92 Å². The van der Waals surface area contributed by atoms with Gasteiger partial charge in [-0.05, 0) is 0 Å². The molecule has 0 aromatic heterocycles. The van der Waals surface area contributed by atoms with E-state index in [1.54, 1.807) is 18.2 Å². The van der Waals surface area contributed by atoms with Crippen molar-refractivity contribution in [2.75, 3.05) is 26.6 Å². The standard InChI is InChI=1S/C13H16FNO4/c1-17-9-3-8(15)4-10(5-9)19-7-13(14)6-11(13)12(16)18-2/h3-5,11H,6-7,15H2,1-2H3. The van der Waals surface area contributed by atoms with Gasteiger partial charge in [0.25, 0.3) is 0 Å². The van der Waals surface area contributed by atoms with E-state index >= 15 is 0 Å². The highest BCUT2D eigenvalue weighted by molar-refractivity contribution is 5.77. The molecule has 104 valence electrons. The van der Waals surface area contributed by atoms with Crippen LogP contribution in [-0.4, -0.2) is 32.5 Å². The van der Waals surface area contributed by atoms with E-state index in [2.05, 4.69) is 4.74 Å². The first-order valence-corrected chi connectivity index (χ1v) is 5.82. The molecule has 0 amide bonds. The molecule has 0 radical (unpaired) electrons. The largest absolute Gasteiger partial charge is 0.497 e. The van der Waals surface area contributed by atoms with Gasteiger partial charge in [-0.2, -0.15) is 0 Å². The number of esters is 1. The first-order valence-electron chi connectivity index (χ1n) is 5.82. The molecule has 2 unspecified atom stereocenters. The van der Waals surface area contributed by atoms with Crippen LogP contribution < -0.4 is 15.2 Å². The quantitative estimate of drug-likeness (QED) is 0.648. The Balaban J connectivity index is 1.97. The van der Waals surface area contributed by atoms with Crippen molar-refractivity contribution >= 4 is 11.7 Å². The Morgan fingerprint density at radius 1 is 1.42 bits per heavy atom. The number of rotatable bonds is 5. The SMILES string of the molecule is COC(=O)C1CC1(F)COc1cc(N)cc(OC)c1. The second kappa shape index (κ2) is 4.95. The minimum absolute atomic E-state index is 0.124. The molecule has 0 saturated heterocycles. The highest BCUT2D eigenvalue weighted by Gasteiger charge is 2.61. The molecule has 19 heavy (non-hydrogen) atoms. The van der Waals surface area contributed by atoms with Gasteiger partial charge in [0, 0.05) is 30.3 Å². The van der Waals surface area contributed by atoms with Crippen molar-refractivity contribution in [2.24, 2.45) is 5.92 Å². The van der Waals surface area contributed by atoms with Gasteiger partial charge in [0.1, 0.15) is 18.1 Å². The monoisotopic (exact) mass is 269 g/mol. The number of alkyl halides is 1. The Bertz CT molecular complexity index is 494. The summed E-state index contributed by atoms with van der Waals surface area (Å²) in [5.41, 5.74) is 4.47. The molecule has 2 rings (SSSR count). The zero-order chi connectivity index (χ0) is 14.0. The molecule has 1 saturated carbocycles. The third-order valence-electron chi connectivity index (χ3n) is 3.11. The zero-order valence-electron chi connectivity index (χ0n) is 10.8. The van der Waals surface area contributed by atoms with E-state index in [0.29, 0.717) is 17.2 Å². The number of carbonyl (C=O) groups excluding carboxylic acids is 1. The summed E-state index contributed by atoms with van der Waals surface area (Å²) in [5, 5.41) is 0. The van der Waals surface area contributed by atoms with E-state index in [-0.39, 0.29) is 13.0 Å². The molecule has 2 atom stereocenters. The minimum atomic E-state index is -1.65. The lowest BCUT2D eigenvalue weighted by atomic mass is 10.2. The molecule has 2 N–H and O–H groups in total. The molecular formula is C13H16FNO4. The van der Waals surface area contributed by atoms with E-state index < -0.39 is 17.6 Å². The van der Waals surface area contributed by atoms with Crippen LogP contribution in [0.3, 0.4) is 0 Å². The third-order valence-corrected chi connectivity index (χ3v) is 3.11. The molecule has 0 bridgehead atoms. The summed E-state index contributed by atoms with van der Waals surface area (Å²) >= 11 is 0. The molecule has 1 fully saturated rings. The fourth-order valence-corrected chi connectivity index (χ4v) is 1.87. The van der Waals surface area contributed by atoms with Crippen LogP contribution in [0.5, 0.6) is 11.5 Å². The molecule has 1 aromatic rings. The number of hydrogen-bond acceptors (Lipinski definition) is 5. The van der Waals surface area contributed by atoms with Crippen LogP contribution in [0.4, 0.5) is 10.1 Å². The molecule has 0 aliphatic heterocycles. The van der Waals surface area contributed by atoms with E-state index in [4.69, 9.17) is 15.2 Å². The van der Waals surface area contributed by atoms with Crippen molar-refractivity contribution in [2.45, 2.75) is 12.1 Å². The molecule has 0 heterocycles. The van der Waals surface area contributed by atoms with Crippen molar-refractivity contribution in [3.05, 3.63) is 18.2 Å². The predicted octanol–water partition coefficient (Wildman–Crippen LogP) is 1.56. The summed E-state index contributed by atoms with van der Waals surface area (Å²) in [6.45, 7) is -0.209. The van der Waals surface area contributed by atoms with Crippen LogP contribution in [-0.2, 0) is 9.53 Å². The molecule has 0 spiro atoms. The van der Waals surface area contributed by atoms with Gasteiger partial charge in [-0.1, -0.05) is 0 Å². The number of methoxy groups -OCH3 is 2. The molecule has 1 aromatic carbocycles. The smallest absolute Gasteiger partial charge is 0.312 e. The van der Waals surface area contributed by atoms with Gasteiger partial charge in [-0.3, -0.25) is 4.79 Å². The first-order chi connectivity index (χ1) is 8.98. The van der Waals surface area contributed by atoms with Gasteiger partial charge in [-0.15, -0.1) is 0 Å². The number of nitrogen functional groups attached to an aromatic ring is 1. The Hall–Kier alpha value is -1.98. The average molecular weight is 269 g/mol. The first kappa shape index (κ1) is 13.5. The lowest BCUT2D eigenvalue weighted by Crippen LogP contribution is -2.21. The zero-order valence-corrected chi connectivity index (χ0v) is 10.8. The maximum absolute atomic E-state index is 14.1. The van der Waals surface area contributed by atoms with Crippen LogP contribution in [0.2, 0.25) is 0 Å². The number of ether oxygens (including phenoxy) is 3. The Kier molecular flexibility index (Phi) is 3.50. The van der Waals surface area contributed by atoms with E-state index in [1.165, 1.54) is 14.2 Å². The van der Waals surface area contributed by atoms with Gasteiger partial charge in [0.05, 0.1) is 20.1 Å². The Morgan fingerprint density at radius 3 is 2.74 bits per heavy atom. The highest BCUT2D eigenvalue weighted by Crippen LogP contribution is 2.48. The highest BCUT2D eigenvalue weighted by atomic mass is 19.1. The van der Waals surface area contributed by atoms with Crippen molar-refractivity contribution in [3.63, 3.8) is 0 Å². The third kappa shape index (κ3) is 2.89. The fourth-order valence-electron chi connectivity index (χ4n) is 1.87. The summed E-state index contributed by atoms with van der Waals surface area (Å²) in [4.78, 5) is 11.2. The van der Waals surface area contributed by atoms with E-state index in [1.807, 2.05) is 0 Å².